The summed E-state index contributed by atoms with van der Waals surface area (Å²) in [6, 6.07) is 32.5. The van der Waals surface area contributed by atoms with Crippen LogP contribution in [0.5, 0.6) is 5.75 Å². The van der Waals surface area contributed by atoms with Crippen LogP contribution < -0.4 is 4.74 Å². The Bertz CT molecular complexity index is 1280. The van der Waals surface area contributed by atoms with E-state index in [1.807, 2.05) is 42.5 Å². The summed E-state index contributed by atoms with van der Waals surface area (Å²) in [6.07, 6.45) is 1.97. The van der Waals surface area contributed by atoms with Crippen molar-refractivity contribution in [2.45, 2.75) is 38.3 Å². The van der Waals surface area contributed by atoms with Crippen molar-refractivity contribution in [2.75, 3.05) is 20.1 Å². The third kappa shape index (κ3) is 5.44. The van der Waals surface area contributed by atoms with Crippen molar-refractivity contribution >= 4 is 5.78 Å². The molecule has 0 bridgehead atoms. The molecule has 184 valence electrons. The normalized spacial score (nSPS) is 15.6. The van der Waals surface area contributed by atoms with Gasteiger partial charge in [0.25, 0.3) is 0 Å². The molecular formula is C32H34N2O2. The van der Waals surface area contributed by atoms with Crippen molar-refractivity contribution in [1.82, 2.24) is 9.47 Å². The zero-order chi connectivity index (χ0) is 24.9. The number of aromatic nitrogens is 1. The van der Waals surface area contributed by atoms with Crippen LogP contribution in [0.25, 0.3) is 0 Å². The van der Waals surface area contributed by atoms with Crippen LogP contribution in [0, 0.1) is 6.92 Å². The van der Waals surface area contributed by atoms with E-state index in [1.165, 1.54) is 16.8 Å². The number of hydrogen-bond acceptors (Lipinski definition) is 3. The summed E-state index contributed by atoms with van der Waals surface area (Å²) in [5.74, 6) is 1.44. The maximum atomic E-state index is 13.0. The van der Waals surface area contributed by atoms with Gasteiger partial charge in [-0.1, -0.05) is 78.4 Å². The van der Waals surface area contributed by atoms with Crippen molar-refractivity contribution in [3.63, 3.8) is 0 Å². The van der Waals surface area contributed by atoms with E-state index in [4.69, 9.17) is 4.74 Å². The molecule has 1 aliphatic heterocycles. The first kappa shape index (κ1) is 24.1. The number of ether oxygens (including phenoxy) is 1. The quantitative estimate of drug-likeness (QED) is 0.239. The molecule has 2 heterocycles. The summed E-state index contributed by atoms with van der Waals surface area (Å²) >= 11 is 0. The van der Waals surface area contributed by atoms with Gasteiger partial charge in [0.1, 0.15) is 11.9 Å². The number of fused-ring (bicyclic) bond motifs is 1. The van der Waals surface area contributed by atoms with Gasteiger partial charge in [-0.3, -0.25) is 4.79 Å². The number of carbonyl (C=O) groups excluding carboxylic acids is 1. The van der Waals surface area contributed by atoms with Crippen LogP contribution in [-0.2, 0) is 6.54 Å². The second kappa shape index (κ2) is 11.0. The van der Waals surface area contributed by atoms with E-state index in [2.05, 4.69) is 78.0 Å². The number of rotatable bonds is 10. The molecule has 1 aromatic heterocycles. The van der Waals surface area contributed by atoms with Crippen LogP contribution in [0.4, 0.5) is 0 Å². The lowest BCUT2D eigenvalue weighted by molar-refractivity contribution is 0.103. The van der Waals surface area contributed by atoms with Crippen molar-refractivity contribution in [1.29, 1.82) is 0 Å². The Morgan fingerprint density at radius 1 is 0.944 bits per heavy atom. The Hall–Kier alpha value is -3.63. The van der Waals surface area contributed by atoms with Gasteiger partial charge in [-0.05, 0) is 50.2 Å². The third-order valence-corrected chi connectivity index (χ3v) is 7.18. The fourth-order valence-corrected chi connectivity index (χ4v) is 5.19. The standard InChI is InChI=1S/C32H34N2O2/c1-24-13-15-28(16-14-24)36-31(25-9-5-3-6-10-25)20-21-33(2)23-27-19-22-34-29(27)17-18-30(34)32(35)26-11-7-4-8-12-26/h3-18,27,31H,19-23H2,1-2H3/t27?,31-/m0/s1. The summed E-state index contributed by atoms with van der Waals surface area (Å²) < 4.78 is 8.66. The van der Waals surface area contributed by atoms with Gasteiger partial charge in [0.15, 0.2) is 0 Å². The van der Waals surface area contributed by atoms with Gasteiger partial charge in [0.2, 0.25) is 5.78 Å². The highest BCUT2D eigenvalue weighted by Crippen LogP contribution is 2.32. The largest absolute Gasteiger partial charge is 0.486 e. The van der Waals surface area contributed by atoms with Crippen LogP contribution in [0.1, 0.15) is 57.7 Å². The molecule has 0 spiro atoms. The van der Waals surface area contributed by atoms with Crippen molar-refractivity contribution < 1.29 is 9.53 Å². The molecular weight excluding hydrogens is 444 g/mol. The molecule has 1 aliphatic rings. The molecule has 2 atom stereocenters. The van der Waals surface area contributed by atoms with Gasteiger partial charge < -0.3 is 14.2 Å². The Balaban J connectivity index is 1.23. The number of benzene rings is 3. The molecule has 0 N–H and O–H groups in total. The topological polar surface area (TPSA) is 34.5 Å². The SMILES string of the molecule is Cc1ccc(O[C@@H](CCN(C)CC2CCn3c(C(=O)c4ccccc4)ccc32)c2ccccc2)cc1. The van der Waals surface area contributed by atoms with E-state index in [9.17, 15) is 4.79 Å². The van der Waals surface area contributed by atoms with Crippen LogP contribution in [0.2, 0.25) is 0 Å². The number of carbonyl (C=O) groups is 1. The highest BCUT2D eigenvalue weighted by atomic mass is 16.5. The van der Waals surface area contributed by atoms with E-state index >= 15 is 0 Å². The first-order valence-electron chi connectivity index (χ1n) is 12.8. The molecule has 4 heteroatoms. The summed E-state index contributed by atoms with van der Waals surface area (Å²) in [6.45, 7) is 4.89. The van der Waals surface area contributed by atoms with Gasteiger partial charge in [-0.15, -0.1) is 0 Å². The molecule has 4 nitrogen and oxygen atoms in total. The predicted molar refractivity (Wildman–Crippen MR) is 145 cm³/mol. The van der Waals surface area contributed by atoms with E-state index in [0.717, 1.165) is 49.5 Å². The zero-order valence-corrected chi connectivity index (χ0v) is 21.1. The van der Waals surface area contributed by atoms with Crippen LogP contribution >= 0.6 is 0 Å². The minimum absolute atomic E-state index is 0.00103. The average molecular weight is 479 g/mol. The minimum atomic E-state index is -0.00103. The molecule has 5 rings (SSSR count). The number of ketones is 1. The zero-order valence-electron chi connectivity index (χ0n) is 21.1. The smallest absolute Gasteiger partial charge is 0.209 e. The van der Waals surface area contributed by atoms with Crippen molar-refractivity contribution in [3.8, 4) is 5.75 Å². The molecule has 0 radical (unpaired) electrons. The molecule has 36 heavy (non-hydrogen) atoms. The van der Waals surface area contributed by atoms with Crippen LogP contribution in [-0.4, -0.2) is 35.4 Å². The maximum Gasteiger partial charge on any atom is 0.209 e. The first-order valence-corrected chi connectivity index (χ1v) is 12.8. The predicted octanol–water partition coefficient (Wildman–Crippen LogP) is 6.66. The van der Waals surface area contributed by atoms with E-state index < -0.39 is 0 Å². The van der Waals surface area contributed by atoms with Crippen LogP contribution in [0.15, 0.2) is 97.1 Å². The Labute approximate surface area is 214 Å². The fourth-order valence-electron chi connectivity index (χ4n) is 5.19. The third-order valence-electron chi connectivity index (χ3n) is 7.18. The summed E-state index contributed by atoms with van der Waals surface area (Å²) in [7, 11) is 2.19. The minimum Gasteiger partial charge on any atom is -0.486 e. The average Bonchev–Trinajstić information content (AvgIpc) is 3.51. The van der Waals surface area contributed by atoms with Gasteiger partial charge in [-0.2, -0.15) is 0 Å². The summed E-state index contributed by atoms with van der Waals surface area (Å²) in [5.41, 5.74) is 5.26. The summed E-state index contributed by atoms with van der Waals surface area (Å²) in [5, 5.41) is 0. The molecule has 0 fully saturated rings. The number of hydrogen-bond donors (Lipinski definition) is 0. The second-order valence-corrected chi connectivity index (χ2v) is 9.86. The Morgan fingerprint density at radius 2 is 1.64 bits per heavy atom. The molecule has 1 unspecified atom stereocenters. The van der Waals surface area contributed by atoms with Gasteiger partial charge in [0.05, 0.1) is 5.69 Å². The lowest BCUT2D eigenvalue weighted by atomic mass is 10.0. The molecule has 0 saturated heterocycles. The van der Waals surface area contributed by atoms with E-state index in [1.54, 1.807) is 0 Å². The lowest BCUT2D eigenvalue weighted by Crippen LogP contribution is -2.27. The molecule has 4 aromatic rings. The maximum absolute atomic E-state index is 13.0. The van der Waals surface area contributed by atoms with Crippen molar-refractivity contribution in [3.05, 3.63) is 125 Å². The fraction of sp³-hybridized carbons (Fsp3) is 0.281. The Kier molecular flexibility index (Phi) is 7.33. The molecule has 3 aromatic carbocycles. The second-order valence-electron chi connectivity index (χ2n) is 9.86. The van der Waals surface area contributed by atoms with Gasteiger partial charge in [-0.25, -0.2) is 0 Å². The Morgan fingerprint density at radius 3 is 2.36 bits per heavy atom. The molecule has 0 amide bonds. The van der Waals surface area contributed by atoms with Gasteiger partial charge in [0, 0.05) is 43.2 Å². The molecule has 0 aliphatic carbocycles. The molecule has 0 saturated carbocycles. The van der Waals surface area contributed by atoms with Gasteiger partial charge >= 0.3 is 0 Å². The highest BCUT2D eigenvalue weighted by molar-refractivity contribution is 6.08. The van der Waals surface area contributed by atoms with Crippen molar-refractivity contribution in [2.24, 2.45) is 0 Å². The highest BCUT2D eigenvalue weighted by Gasteiger charge is 2.28. The van der Waals surface area contributed by atoms with E-state index in [0.29, 0.717) is 5.92 Å². The van der Waals surface area contributed by atoms with E-state index in [-0.39, 0.29) is 11.9 Å². The number of aryl methyl sites for hydroxylation is 1. The van der Waals surface area contributed by atoms with Crippen LogP contribution in [0.3, 0.4) is 0 Å². The number of likely N-dealkylation sites (N-methyl/N-ethyl adjacent to an activating group) is 1. The number of nitrogens with zero attached hydrogens (tertiary/aromatic N) is 2. The lowest BCUT2D eigenvalue weighted by Gasteiger charge is -2.25. The monoisotopic (exact) mass is 478 g/mol. The summed E-state index contributed by atoms with van der Waals surface area (Å²) in [4.78, 5) is 15.4. The first-order chi connectivity index (χ1) is 17.6.